The van der Waals surface area contributed by atoms with Gasteiger partial charge in [0.05, 0.1) is 24.5 Å². The molecule has 9 heteroatoms. The quantitative estimate of drug-likeness (QED) is 0.803. The van der Waals surface area contributed by atoms with E-state index in [-0.39, 0.29) is 12.6 Å². The van der Waals surface area contributed by atoms with Crippen LogP contribution in [0.1, 0.15) is 48.7 Å². The highest BCUT2D eigenvalue weighted by Gasteiger charge is 2.40. The molecule has 0 amide bonds. The zero-order valence-electron chi connectivity index (χ0n) is 13.3. The molecule has 0 spiro atoms. The van der Waals surface area contributed by atoms with Crippen molar-refractivity contribution in [2.45, 2.75) is 50.5 Å². The summed E-state index contributed by atoms with van der Waals surface area (Å²) in [5.41, 5.74) is 0.556. The molecule has 0 bridgehead atoms. The number of hydrogen-bond donors (Lipinski definition) is 2. The van der Waals surface area contributed by atoms with Gasteiger partial charge in [-0.15, -0.1) is 5.10 Å². The molecular weight excluding hydrogens is 314 g/mol. The summed E-state index contributed by atoms with van der Waals surface area (Å²) in [5.74, 6) is 0.469. The zero-order chi connectivity index (χ0) is 16.8. The Morgan fingerprint density at radius 3 is 2.92 bits per heavy atom. The molecule has 4 rings (SSSR count). The van der Waals surface area contributed by atoms with E-state index in [2.05, 4.69) is 15.3 Å². The lowest BCUT2D eigenvalue weighted by Crippen LogP contribution is -2.33. The van der Waals surface area contributed by atoms with Crippen molar-refractivity contribution in [1.82, 2.24) is 24.5 Å². The molecule has 2 aromatic rings. The molecule has 0 unspecified atom stereocenters. The van der Waals surface area contributed by atoms with Crippen molar-refractivity contribution in [2.75, 3.05) is 6.61 Å². The van der Waals surface area contributed by atoms with Crippen molar-refractivity contribution in [1.29, 1.82) is 0 Å². The number of nitrogens with zero attached hydrogens (tertiary/aromatic N) is 4. The number of aromatic nitrogens is 5. The Bertz CT molecular complexity index is 865. The summed E-state index contributed by atoms with van der Waals surface area (Å²) < 4.78 is 9.06. The summed E-state index contributed by atoms with van der Waals surface area (Å²) in [7, 11) is 0. The van der Waals surface area contributed by atoms with Gasteiger partial charge in [0, 0.05) is 24.1 Å². The first-order valence-electron chi connectivity index (χ1n) is 8.07. The second kappa shape index (κ2) is 5.67. The monoisotopic (exact) mass is 333 g/mol. The molecule has 2 fully saturated rings. The predicted molar refractivity (Wildman–Crippen MR) is 82.7 cm³/mol. The summed E-state index contributed by atoms with van der Waals surface area (Å²) in [6.45, 7) is 1.45. The van der Waals surface area contributed by atoms with Crippen LogP contribution in [-0.4, -0.2) is 42.4 Å². The minimum absolute atomic E-state index is 0.178. The maximum Gasteiger partial charge on any atom is 0.330 e. The van der Waals surface area contributed by atoms with Gasteiger partial charge < -0.3 is 9.84 Å². The van der Waals surface area contributed by atoms with Crippen molar-refractivity contribution in [3.63, 3.8) is 0 Å². The van der Waals surface area contributed by atoms with Crippen LogP contribution in [0.4, 0.5) is 0 Å². The summed E-state index contributed by atoms with van der Waals surface area (Å²) >= 11 is 0. The normalized spacial score (nSPS) is 26.8. The molecule has 3 heterocycles. The van der Waals surface area contributed by atoms with Gasteiger partial charge in [-0.3, -0.25) is 14.3 Å². The third-order valence-electron chi connectivity index (χ3n) is 4.75. The number of aromatic amines is 1. The minimum Gasteiger partial charge on any atom is -0.394 e. The lowest BCUT2D eigenvalue weighted by atomic mass is 10.1. The Kier molecular flexibility index (Phi) is 3.61. The van der Waals surface area contributed by atoms with Gasteiger partial charge in [0.1, 0.15) is 12.3 Å². The fourth-order valence-corrected chi connectivity index (χ4v) is 3.29. The van der Waals surface area contributed by atoms with Crippen LogP contribution < -0.4 is 11.2 Å². The summed E-state index contributed by atoms with van der Waals surface area (Å²) in [6.07, 6.45) is 4.92. The highest BCUT2D eigenvalue weighted by molar-refractivity contribution is 5.12. The number of nitrogens with one attached hydrogen (secondary N) is 1. The van der Waals surface area contributed by atoms with Crippen LogP contribution in [0, 0.1) is 6.92 Å². The fourth-order valence-electron chi connectivity index (χ4n) is 3.29. The van der Waals surface area contributed by atoms with Gasteiger partial charge >= 0.3 is 5.69 Å². The number of rotatable bonds is 4. The van der Waals surface area contributed by atoms with Gasteiger partial charge in [0.15, 0.2) is 0 Å². The maximum absolute atomic E-state index is 12.1. The fraction of sp³-hybridized carbons (Fsp3) is 0.600. The second-order valence-electron chi connectivity index (χ2n) is 6.47. The molecular formula is C15H19N5O4. The topological polar surface area (TPSA) is 115 Å². The van der Waals surface area contributed by atoms with Crippen LogP contribution in [0.2, 0.25) is 0 Å². The third-order valence-corrected chi connectivity index (χ3v) is 4.75. The van der Waals surface area contributed by atoms with Crippen molar-refractivity contribution < 1.29 is 9.84 Å². The third kappa shape index (κ3) is 2.49. The molecule has 3 atom stereocenters. The van der Waals surface area contributed by atoms with Crippen LogP contribution in [0.15, 0.2) is 22.0 Å². The zero-order valence-corrected chi connectivity index (χ0v) is 13.3. The molecule has 2 N–H and O–H groups in total. The average Bonchev–Trinajstić information content (AvgIpc) is 3.14. The van der Waals surface area contributed by atoms with E-state index in [1.165, 1.54) is 10.8 Å². The van der Waals surface area contributed by atoms with E-state index in [0.29, 0.717) is 17.9 Å². The van der Waals surface area contributed by atoms with Gasteiger partial charge in [-0.1, -0.05) is 5.21 Å². The predicted octanol–water partition coefficient (Wildman–Crippen LogP) is -0.165. The van der Waals surface area contributed by atoms with Gasteiger partial charge in [-0.2, -0.15) is 0 Å². The van der Waals surface area contributed by atoms with E-state index in [0.717, 1.165) is 18.5 Å². The van der Waals surface area contributed by atoms with Crippen molar-refractivity contribution in [3.8, 4) is 0 Å². The number of aliphatic hydroxyl groups excluding tert-OH is 1. The highest BCUT2D eigenvalue weighted by Crippen LogP contribution is 2.43. The lowest BCUT2D eigenvalue weighted by Gasteiger charge is -2.17. The van der Waals surface area contributed by atoms with Crippen LogP contribution in [0.5, 0.6) is 0 Å². The van der Waals surface area contributed by atoms with Gasteiger partial charge in [0.25, 0.3) is 5.56 Å². The Morgan fingerprint density at radius 1 is 1.42 bits per heavy atom. The summed E-state index contributed by atoms with van der Waals surface area (Å²) in [4.78, 5) is 25.9. The molecule has 1 saturated carbocycles. The van der Waals surface area contributed by atoms with E-state index in [4.69, 9.17) is 4.74 Å². The molecule has 0 radical (unpaired) electrons. The number of hydrogen-bond acceptors (Lipinski definition) is 6. The molecule has 24 heavy (non-hydrogen) atoms. The smallest absolute Gasteiger partial charge is 0.330 e. The molecule has 2 aliphatic rings. The lowest BCUT2D eigenvalue weighted by molar-refractivity contribution is -0.0325. The molecule has 2 aromatic heterocycles. The van der Waals surface area contributed by atoms with Crippen molar-refractivity contribution >= 4 is 0 Å². The molecule has 0 aromatic carbocycles. The number of aliphatic hydroxyl groups is 1. The van der Waals surface area contributed by atoms with Crippen LogP contribution in [0.3, 0.4) is 0 Å². The summed E-state index contributed by atoms with van der Waals surface area (Å²) in [5, 5.41) is 17.8. The Balaban J connectivity index is 1.67. The number of H-pyrrole nitrogens is 1. The van der Waals surface area contributed by atoms with Crippen LogP contribution in [-0.2, 0) is 4.74 Å². The largest absolute Gasteiger partial charge is 0.394 e. The molecule has 1 aliphatic heterocycles. The SMILES string of the molecule is Cc1cn([C@H]2C[C@H](n3nncc3C3CC3)[C@@H](CO)O2)c(=O)[nH]c1=O. The molecule has 1 aliphatic carbocycles. The number of aryl methyl sites for hydroxylation is 1. The molecule has 1 saturated heterocycles. The second-order valence-corrected chi connectivity index (χ2v) is 6.47. The summed E-state index contributed by atoms with van der Waals surface area (Å²) in [6, 6.07) is -0.197. The van der Waals surface area contributed by atoms with Gasteiger partial charge in [-0.05, 0) is 19.8 Å². The molecule has 128 valence electrons. The van der Waals surface area contributed by atoms with Gasteiger partial charge in [0.2, 0.25) is 0 Å². The van der Waals surface area contributed by atoms with E-state index in [9.17, 15) is 14.7 Å². The van der Waals surface area contributed by atoms with Gasteiger partial charge in [-0.25, -0.2) is 9.48 Å². The van der Waals surface area contributed by atoms with Crippen LogP contribution in [0.25, 0.3) is 0 Å². The first kappa shape index (κ1) is 15.3. The van der Waals surface area contributed by atoms with Crippen molar-refractivity contribution in [3.05, 3.63) is 44.5 Å². The minimum atomic E-state index is -0.563. The first-order chi connectivity index (χ1) is 11.6. The maximum atomic E-state index is 12.1. The van der Waals surface area contributed by atoms with E-state index in [1.54, 1.807) is 13.1 Å². The standard InChI is InChI=1S/C15H19N5O4/c1-8-6-19(15(23)17-14(8)22)13-4-10(12(7-21)24-13)20-11(5-16-18-20)9-2-3-9/h5-6,9-10,12-13,21H,2-4,7H2,1H3,(H,17,22,23)/t10-,12+,13+/m0/s1. The van der Waals surface area contributed by atoms with E-state index < -0.39 is 23.6 Å². The van der Waals surface area contributed by atoms with E-state index in [1.807, 2.05) is 4.68 Å². The van der Waals surface area contributed by atoms with Crippen LogP contribution >= 0.6 is 0 Å². The highest BCUT2D eigenvalue weighted by atomic mass is 16.5. The van der Waals surface area contributed by atoms with Crippen molar-refractivity contribution in [2.24, 2.45) is 0 Å². The van der Waals surface area contributed by atoms with E-state index >= 15 is 0 Å². The Morgan fingerprint density at radius 2 is 2.21 bits per heavy atom. The number of ether oxygens (including phenoxy) is 1. The molecule has 9 nitrogen and oxygen atoms in total. The first-order valence-corrected chi connectivity index (χ1v) is 8.07. The Hall–Kier alpha value is -2.26. The Labute approximate surface area is 136 Å². The average molecular weight is 333 g/mol.